The van der Waals surface area contributed by atoms with Crippen LogP contribution in [0.5, 0.6) is 11.6 Å². The van der Waals surface area contributed by atoms with Gasteiger partial charge in [0.1, 0.15) is 29.7 Å². The van der Waals surface area contributed by atoms with Crippen LogP contribution in [-0.2, 0) is 11.4 Å². The van der Waals surface area contributed by atoms with E-state index in [4.69, 9.17) is 16.3 Å². The first-order chi connectivity index (χ1) is 20.3. The van der Waals surface area contributed by atoms with Gasteiger partial charge in [-0.25, -0.2) is 9.37 Å². The standard InChI is InChI=1S/C30H29ClFN7O3/c1-38-14-22-12-21(38)15-39(22)16-29(41)35-28-11-20(7-8-33-28)34-27-13-26(24-10-19(31)5-6-25(24)32)36-37-30(27)42-17-18-3-2-4-23(40)9-18/h2-11,13,21-22,40H,12,14-17H2,1H3,(H2,33,34,35,36,41)/t21-,22-/m0/s1. The normalized spacial score (nSPS) is 18.3. The van der Waals surface area contributed by atoms with Crippen molar-refractivity contribution in [2.45, 2.75) is 25.1 Å². The van der Waals surface area contributed by atoms with E-state index in [1.807, 2.05) is 0 Å². The lowest BCUT2D eigenvalue weighted by atomic mass is 10.1. The zero-order valence-electron chi connectivity index (χ0n) is 22.8. The van der Waals surface area contributed by atoms with Crippen molar-refractivity contribution in [2.24, 2.45) is 0 Å². The third kappa shape index (κ3) is 6.28. The number of pyridine rings is 1. The van der Waals surface area contributed by atoms with Crippen molar-refractivity contribution >= 4 is 34.7 Å². The lowest BCUT2D eigenvalue weighted by Gasteiger charge is -2.31. The molecule has 12 heteroatoms. The van der Waals surface area contributed by atoms with Crippen LogP contribution in [0.25, 0.3) is 11.3 Å². The average molecular weight is 590 g/mol. The maximum atomic E-state index is 14.7. The summed E-state index contributed by atoms with van der Waals surface area (Å²) in [6.45, 7) is 2.28. The smallest absolute Gasteiger partial charge is 0.257 e. The van der Waals surface area contributed by atoms with Gasteiger partial charge in [-0.05, 0) is 61.5 Å². The van der Waals surface area contributed by atoms with E-state index in [0.29, 0.717) is 40.8 Å². The van der Waals surface area contributed by atoms with Gasteiger partial charge in [0.2, 0.25) is 5.91 Å². The molecule has 1 amide bonds. The Morgan fingerprint density at radius 2 is 2.00 bits per heavy atom. The van der Waals surface area contributed by atoms with E-state index in [0.717, 1.165) is 25.1 Å². The molecule has 0 radical (unpaired) electrons. The molecular formula is C30H29ClFN7O3. The molecule has 0 spiro atoms. The van der Waals surface area contributed by atoms with Gasteiger partial charge in [-0.3, -0.25) is 9.69 Å². The minimum atomic E-state index is -0.500. The van der Waals surface area contributed by atoms with E-state index in [-0.39, 0.29) is 35.4 Å². The zero-order chi connectivity index (χ0) is 29.2. The molecule has 3 N–H and O–H groups in total. The van der Waals surface area contributed by atoms with Crippen molar-refractivity contribution in [3.05, 3.63) is 83.3 Å². The molecule has 0 saturated carbocycles. The fourth-order valence-electron chi connectivity index (χ4n) is 5.44. The van der Waals surface area contributed by atoms with Gasteiger partial charge in [0, 0.05) is 53.7 Å². The maximum Gasteiger partial charge on any atom is 0.257 e. The van der Waals surface area contributed by atoms with Crippen molar-refractivity contribution in [3.8, 4) is 22.9 Å². The zero-order valence-corrected chi connectivity index (χ0v) is 23.6. The van der Waals surface area contributed by atoms with Gasteiger partial charge < -0.3 is 25.4 Å². The van der Waals surface area contributed by atoms with Crippen molar-refractivity contribution in [2.75, 3.05) is 37.3 Å². The maximum absolute atomic E-state index is 14.7. The lowest BCUT2D eigenvalue weighted by molar-refractivity contribution is -0.117. The van der Waals surface area contributed by atoms with Gasteiger partial charge in [0.05, 0.1) is 12.2 Å². The van der Waals surface area contributed by atoms with Crippen molar-refractivity contribution in [3.63, 3.8) is 0 Å². The third-order valence-electron chi connectivity index (χ3n) is 7.53. The van der Waals surface area contributed by atoms with Gasteiger partial charge in [-0.15, -0.1) is 10.2 Å². The lowest BCUT2D eigenvalue weighted by Crippen LogP contribution is -2.47. The summed E-state index contributed by atoms with van der Waals surface area (Å²) >= 11 is 6.11. The number of rotatable bonds is 9. The number of likely N-dealkylation sites (N-methyl/N-ethyl adjacent to an activating group) is 1. The van der Waals surface area contributed by atoms with Crippen molar-refractivity contribution in [1.82, 2.24) is 25.0 Å². The Labute approximate surface area is 247 Å². The fourth-order valence-corrected chi connectivity index (χ4v) is 5.61. The Hall–Kier alpha value is -4.32. The van der Waals surface area contributed by atoms with Gasteiger partial charge in [-0.1, -0.05) is 23.7 Å². The predicted molar refractivity (Wildman–Crippen MR) is 157 cm³/mol. The number of carbonyl (C=O) groups excluding carboxylic acids is 1. The first kappa shape index (κ1) is 27.8. The molecular weight excluding hydrogens is 561 g/mol. The molecule has 2 aromatic heterocycles. The minimum absolute atomic E-state index is 0.106. The van der Waals surface area contributed by atoms with Gasteiger partial charge in [0.15, 0.2) is 0 Å². The van der Waals surface area contributed by atoms with Crippen molar-refractivity contribution in [1.29, 1.82) is 0 Å². The van der Waals surface area contributed by atoms with Gasteiger partial charge in [0.25, 0.3) is 5.88 Å². The number of nitrogens with zero attached hydrogens (tertiary/aromatic N) is 5. The SMILES string of the molecule is CN1C[C@@H]2C[C@H]1CN2CC(=O)Nc1cc(Nc2cc(-c3cc(Cl)ccc3F)nnc2OCc2cccc(O)c2)ccn1. The molecule has 10 nitrogen and oxygen atoms in total. The largest absolute Gasteiger partial charge is 0.508 e. The van der Waals surface area contributed by atoms with E-state index in [9.17, 15) is 14.3 Å². The van der Waals surface area contributed by atoms with Crippen LogP contribution in [0.15, 0.2) is 66.9 Å². The average Bonchev–Trinajstić information content (AvgIpc) is 3.53. The molecule has 216 valence electrons. The van der Waals surface area contributed by atoms with E-state index >= 15 is 0 Å². The highest BCUT2D eigenvalue weighted by Crippen LogP contribution is 2.33. The molecule has 2 fully saturated rings. The molecule has 2 aromatic carbocycles. The number of halogens is 2. The van der Waals surface area contributed by atoms with Crippen molar-refractivity contribution < 1.29 is 19.0 Å². The number of phenols is 1. The molecule has 6 rings (SSSR count). The van der Waals surface area contributed by atoms with Crippen LogP contribution in [0.3, 0.4) is 0 Å². The Morgan fingerprint density at radius 3 is 2.79 bits per heavy atom. The molecule has 2 bridgehead atoms. The number of benzene rings is 2. The summed E-state index contributed by atoms with van der Waals surface area (Å²) in [6.07, 6.45) is 2.67. The number of likely N-dealkylation sites (tertiary alicyclic amines) is 2. The topological polar surface area (TPSA) is 116 Å². The van der Waals surface area contributed by atoms with E-state index in [2.05, 4.69) is 42.7 Å². The summed E-state index contributed by atoms with van der Waals surface area (Å²) in [5.74, 6) is 0.0233. The Morgan fingerprint density at radius 1 is 1.12 bits per heavy atom. The predicted octanol–water partition coefficient (Wildman–Crippen LogP) is 4.69. The number of amides is 1. The highest BCUT2D eigenvalue weighted by molar-refractivity contribution is 6.30. The molecule has 2 atom stereocenters. The molecule has 42 heavy (non-hydrogen) atoms. The number of aromatic hydroxyl groups is 1. The van der Waals surface area contributed by atoms with Gasteiger partial charge in [-0.2, -0.15) is 0 Å². The Kier molecular flexibility index (Phi) is 7.88. The van der Waals surface area contributed by atoms with Crippen LogP contribution in [-0.4, -0.2) is 74.8 Å². The number of piperazine rings is 1. The minimum Gasteiger partial charge on any atom is -0.508 e. The first-order valence-corrected chi connectivity index (χ1v) is 13.9. The Balaban J connectivity index is 1.21. The van der Waals surface area contributed by atoms with Crippen LogP contribution < -0.4 is 15.4 Å². The molecule has 4 aromatic rings. The fraction of sp³-hybridized carbons (Fsp3) is 0.267. The molecule has 2 saturated heterocycles. The summed E-state index contributed by atoms with van der Waals surface area (Å²) in [4.78, 5) is 21.7. The molecule has 2 aliphatic rings. The number of aromatic nitrogens is 3. The number of nitrogens with one attached hydrogen (secondary N) is 2. The highest BCUT2D eigenvalue weighted by Gasteiger charge is 2.41. The quantitative estimate of drug-likeness (QED) is 0.256. The van der Waals surface area contributed by atoms with E-state index < -0.39 is 5.82 Å². The second kappa shape index (κ2) is 11.9. The molecule has 4 heterocycles. The summed E-state index contributed by atoms with van der Waals surface area (Å²) in [5, 5.41) is 24.7. The van der Waals surface area contributed by atoms with Crippen LogP contribution in [0.1, 0.15) is 12.0 Å². The van der Waals surface area contributed by atoms with Gasteiger partial charge >= 0.3 is 0 Å². The summed E-state index contributed by atoms with van der Waals surface area (Å²) in [5.41, 5.74) is 2.15. The number of hydrogen-bond donors (Lipinski definition) is 3. The van der Waals surface area contributed by atoms with Crippen LogP contribution in [0.4, 0.5) is 21.6 Å². The number of phenolic OH excluding ortho intramolecular Hbond substituents is 1. The number of hydrogen-bond acceptors (Lipinski definition) is 9. The summed E-state index contributed by atoms with van der Waals surface area (Å²) in [6, 6.07) is 16.8. The number of fused-ring (bicyclic) bond motifs is 2. The molecule has 0 aliphatic carbocycles. The van der Waals surface area contributed by atoms with E-state index in [1.165, 1.54) is 18.2 Å². The summed E-state index contributed by atoms with van der Waals surface area (Å²) < 4.78 is 20.6. The number of ether oxygens (including phenoxy) is 1. The van der Waals surface area contributed by atoms with Crippen LogP contribution in [0.2, 0.25) is 5.02 Å². The number of carbonyl (C=O) groups is 1. The Bertz CT molecular complexity index is 1620. The second-order valence-corrected chi connectivity index (χ2v) is 11.0. The molecule has 2 aliphatic heterocycles. The third-order valence-corrected chi connectivity index (χ3v) is 7.77. The molecule has 0 unspecified atom stereocenters. The van der Waals surface area contributed by atoms with E-state index in [1.54, 1.807) is 48.7 Å². The monoisotopic (exact) mass is 589 g/mol. The van der Waals surface area contributed by atoms with Crippen LogP contribution >= 0.6 is 11.6 Å². The number of anilines is 3. The highest BCUT2D eigenvalue weighted by atomic mass is 35.5. The second-order valence-electron chi connectivity index (χ2n) is 10.5. The summed E-state index contributed by atoms with van der Waals surface area (Å²) in [7, 11) is 2.13. The first-order valence-electron chi connectivity index (χ1n) is 13.5. The van der Waals surface area contributed by atoms with Crippen LogP contribution in [0, 0.1) is 5.82 Å².